The number of nitrogens with two attached hydrogens (primary N) is 1. The van der Waals surface area contributed by atoms with Gasteiger partial charge in [-0.2, -0.15) is 0 Å². The Morgan fingerprint density at radius 2 is 2.18 bits per heavy atom. The van der Waals surface area contributed by atoms with Crippen LogP contribution in [-0.4, -0.2) is 0 Å². The van der Waals surface area contributed by atoms with Crippen molar-refractivity contribution in [2.45, 2.75) is 19.8 Å². The van der Waals surface area contributed by atoms with Gasteiger partial charge in [-0.15, -0.1) is 0 Å². The van der Waals surface area contributed by atoms with E-state index >= 15 is 0 Å². The number of nitrogen functional groups attached to an aromatic ring is 1. The molecule has 0 saturated heterocycles. The van der Waals surface area contributed by atoms with Crippen LogP contribution in [0.4, 0.5) is 5.69 Å². The summed E-state index contributed by atoms with van der Waals surface area (Å²) in [5, 5.41) is 0.717. The molecule has 0 aliphatic rings. The molecule has 0 aliphatic carbocycles. The highest BCUT2D eigenvalue weighted by Gasteiger charge is 2.00. The second-order valence-electron chi connectivity index (χ2n) is 2.57. The van der Waals surface area contributed by atoms with Gasteiger partial charge < -0.3 is 5.73 Å². The van der Waals surface area contributed by atoms with Crippen LogP contribution in [0, 0.1) is 0 Å². The first-order valence-electron chi connectivity index (χ1n) is 3.78. The largest absolute Gasteiger partial charge is 0.398 e. The number of anilines is 1. The molecule has 0 saturated carbocycles. The summed E-state index contributed by atoms with van der Waals surface area (Å²) >= 11 is 5.95. The molecule has 60 valence electrons. The molecule has 1 aromatic rings. The van der Waals surface area contributed by atoms with Crippen LogP contribution in [0.2, 0.25) is 5.02 Å². The Morgan fingerprint density at radius 1 is 1.45 bits per heavy atom. The molecule has 0 amide bonds. The average molecular weight is 170 g/mol. The lowest BCUT2D eigenvalue weighted by atomic mass is 10.1. The normalized spacial score (nSPS) is 10.0. The highest BCUT2D eigenvalue weighted by molar-refractivity contribution is 6.33. The molecule has 0 unspecified atom stereocenters. The summed E-state index contributed by atoms with van der Waals surface area (Å²) in [4.78, 5) is 0. The fourth-order valence-electron chi connectivity index (χ4n) is 1.06. The molecule has 2 heteroatoms. The van der Waals surface area contributed by atoms with Gasteiger partial charge in [0.15, 0.2) is 0 Å². The van der Waals surface area contributed by atoms with Crippen molar-refractivity contribution in [3.63, 3.8) is 0 Å². The molecule has 0 aromatic heterocycles. The smallest absolute Gasteiger partial charge is 0.0667 e. The molecule has 1 nitrogen and oxygen atoms in total. The van der Waals surface area contributed by atoms with Gasteiger partial charge in [0.05, 0.1) is 10.7 Å². The van der Waals surface area contributed by atoms with E-state index in [4.69, 9.17) is 17.3 Å². The monoisotopic (exact) mass is 169 g/mol. The molecule has 0 bridgehead atoms. The summed E-state index contributed by atoms with van der Waals surface area (Å²) in [5.74, 6) is 0. The van der Waals surface area contributed by atoms with E-state index in [0.717, 1.165) is 18.4 Å². The van der Waals surface area contributed by atoms with Crippen LogP contribution < -0.4 is 5.73 Å². The molecule has 0 spiro atoms. The highest BCUT2D eigenvalue weighted by Crippen LogP contribution is 2.23. The van der Waals surface area contributed by atoms with E-state index in [1.165, 1.54) is 0 Å². The molecular weight excluding hydrogens is 158 g/mol. The standard InChI is InChI=1S/C9H12ClN/c1-2-4-7-5-3-6-8(11)9(7)10/h3,5-6H,2,4,11H2,1H3. The first-order chi connectivity index (χ1) is 5.25. The van der Waals surface area contributed by atoms with E-state index in [1.807, 2.05) is 18.2 Å². The predicted molar refractivity (Wildman–Crippen MR) is 49.9 cm³/mol. The van der Waals surface area contributed by atoms with Crippen LogP contribution in [0.15, 0.2) is 18.2 Å². The molecule has 0 atom stereocenters. The second kappa shape index (κ2) is 3.63. The Balaban J connectivity index is 2.96. The molecule has 0 heterocycles. The van der Waals surface area contributed by atoms with Crippen molar-refractivity contribution in [2.75, 3.05) is 5.73 Å². The van der Waals surface area contributed by atoms with Crippen molar-refractivity contribution in [3.05, 3.63) is 28.8 Å². The third-order valence-corrected chi connectivity index (χ3v) is 2.09. The van der Waals surface area contributed by atoms with Gasteiger partial charge in [0.25, 0.3) is 0 Å². The predicted octanol–water partition coefficient (Wildman–Crippen LogP) is 2.87. The minimum Gasteiger partial charge on any atom is -0.398 e. The Kier molecular flexibility index (Phi) is 2.77. The van der Waals surface area contributed by atoms with E-state index in [1.54, 1.807) is 0 Å². The number of hydrogen-bond acceptors (Lipinski definition) is 1. The molecule has 1 rings (SSSR count). The van der Waals surface area contributed by atoms with Crippen LogP contribution in [-0.2, 0) is 6.42 Å². The Labute approximate surface area is 72.2 Å². The zero-order valence-electron chi connectivity index (χ0n) is 6.60. The Hall–Kier alpha value is -0.690. The maximum Gasteiger partial charge on any atom is 0.0667 e. The van der Waals surface area contributed by atoms with Gasteiger partial charge in [-0.25, -0.2) is 0 Å². The molecule has 0 fully saturated rings. The van der Waals surface area contributed by atoms with Gasteiger partial charge in [0.1, 0.15) is 0 Å². The number of benzene rings is 1. The van der Waals surface area contributed by atoms with Crippen LogP contribution >= 0.6 is 11.6 Å². The molecular formula is C9H12ClN. The lowest BCUT2D eigenvalue weighted by molar-refractivity contribution is 0.922. The van der Waals surface area contributed by atoms with Crippen molar-refractivity contribution in [1.82, 2.24) is 0 Å². The van der Waals surface area contributed by atoms with Gasteiger partial charge in [0, 0.05) is 0 Å². The van der Waals surface area contributed by atoms with E-state index in [9.17, 15) is 0 Å². The summed E-state index contributed by atoms with van der Waals surface area (Å²) in [7, 11) is 0. The van der Waals surface area contributed by atoms with Crippen LogP contribution in [0.3, 0.4) is 0 Å². The second-order valence-corrected chi connectivity index (χ2v) is 2.95. The maximum absolute atomic E-state index is 5.95. The molecule has 0 radical (unpaired) electrons. The third kappa shape index (κ3) is 1.87. The number of halogens is 1. The first-order valence-corrected chi connectivity index (χ1v) is 4.16. The van der Waals surface area contributed by atoms with E-state index in [0.29, 0.717) is 10.7 Å². The van der Waals surface area contributed by atoms with E-state index < -0.39 is 0 Å². The molecule has 1 aromatic carbocycles. The van der Waals surface area contributed by atoms with Crippen LogP contribution in [0.1, 0.15) is 18.9 Å². The molecule has 2 N–H and O–H groups in total. The van der Waals surface area contributed by atoms with Gasteiger partial charge in [-0.3, -0.25) is 0 Å². The fourth-order valence-corrected chi connectivity index (χ4v) is 1.28. The van der Waals surface area contributed by atoms with Crippen molar-refractivity contribution in [2.24, 2.45) is 0 Å². The van der Waals surface area contributed by atoms with Crippen molar-refractivity contribution >= 4 is 17.3 Å². The number of rotatable bonds is 2. The van der Waals surface area contributed by atoms with Crippen molar-refractivity contribution in [3.8, 4) is 0 Å². The summed E-state index contributed by atoms with van der Waals surface area (Å²) in [6.45, 7) is 2.12. The quantitative estimate of drug-likeness (QED) is 0.677. The zero-order chi connectivity index (χ0) is 8.27. The number of aryl methyl sites for hydroxylation is 1. The topological polar surface area (TPSA) is 26.0 Å². The van der Waals surface area contributed by atoms with E-state index in [-0.39, 0.29) is 0 Å². The van der Waals surface area contributed by atoms with E-state index in [2.05, 4.69) is 6.92 Å². The van der Waals surface area contributed by atoms with Gasteiger partial charge in [-0.1, -0.05) is 37.1 Å². The Morgan fingerprint density at radius 3 is 2.82 bits per heavy atom. The number of hydrogen-bond donors (Lipinski definition) is 1. The molecule has 0 aliphatic heterocycles. The van der Waals surface area contributed by atoms with Gasteiger partial charge in [0.2, 0.25) is 0 Å². The van der Waals surface area contributed by atoms with Gasteiger partial charge >= 0.3 is 0 Å². The lowest BCUT2D eigenvalue weighted by Gasteiger charge is -2.03. The fraction of sp³-hybridized carbons (Fsp3) is 0.333. The van der Waals surface area contributed by atoms with Crippen LogP contribution in [0.5, 0.6) is 0 Å². The van der Waals surface area contributed by atoms with Gasteiger partial charge in [-0.05, 0) is 18.1 Å². The van der Waals surface area contributed by atoms with Crippen molar-refractivity contribution in [1.29, 1.82) is 0 Å². The third-order valence-electron chi connectivity index (χ3n) is 1.63. The molecule has 11 heavy (non-hydrogen) atoms. The average Bonchev–Trinajstić information content (AvgIpc) is 1.99. The SMILES string of the molecule is CCCc1cccc(N)c1Cl. The summed E-state index contributed by atoms with van der Waals surface area (Å²) in [5.41, 5.74) is 7.44. The summed E-state index contributed by atoms with van der Waals surface area (Å²) in [6.07, 6.45) is 2.10. The summed E-state index contributed by atoms with van der Waals surface area (Å²) < 4.78 is 0. The summed E-state index contributed by atoms with van der Waals surface area (Å²) in [6, 6.07) is 5.77. The maximum atomic E-state index is 5.95. The lowest BCUT2D eigenvalue weighted by Crippen LogP contribution is -1.91. The van der Waals surface area contributed by atoms with Crippen molar-refractivity contribution < 1.29 is 0 Å². The Bertz CT molecular complexity index is 245. The minimum absolute atomic E-state index is 0.678. The highest BCUT2D eigenvalue weighted by atomic mass is 35.5. The zero-order valence-corrected chi connectivity index (χ0v) is 7.36. The minimum atomic E-state index is 0.678. The van der Waals surface area contributed by atoms with Crippen LogP contribution in [0.25, 0.3) is 0 Å². The first kappa shape index (κ1) is 8.41.